The summed E-state index contributed by atoms with van der Waals surface area (Å²) in [4.78, 5) is 25.3. The van der Waals surface area contributed by atoms with E-state index < -0.39 is 10.0 Å². The van der Waals surface area contributed by atoms with E-state index in [1.165, 1.54) is 4.31 Å². The fourth-order valence-corrected chi connectivity index (χ4v) is 5.33. The van der Waals surface area contributed by atoms with Gasteiger partial charge in [0.15, 0.2) is 0 Å². The summed E-state index contributed by atoms with van der Waals surface area (Å²) in [5, 5.41) is 6.23. The zero-order chi connectivity index (χ0) is 20.9. The van der Waals surface area contributed by atoms with Gasteiger partial charge in [0.1, 0.15) is 0 Å². The van der Waals surface area contributed by atoms with E-state index in [9.17, 15) is 18.0 Å². The maximum Gasteiger partial charge on any atom is 0.251 e. The lowest BCUT2D eigenvalue weighted by Crippen LogP contribution is -2.55. The topological polar surface area (TPSA) is 95.6 Å². The molecule has 3 rings (SSSR count). The molecule has 2 aliphatic rings. The van der Waals surface area contributed by atoms with Crippen molar-refractivity contribution >= 4 is 21.8 Å². The minimum absolute atomic E-state index is 0.0237. The Hall–Kier alpha value is -1.93. The molecular formula is C21H31N3O4S. The number of amides is 2. The van der Waals surface area contributed by atoms with Crippen LogP contribution in [0.2, 0.25) is 0 Å². The first-order chi connectivity index (χ1) is 13.9. The maximum atomic E-state index is 12.8. The molecule has 1 saturated carbocycles. The van der Waals surface area contributed by atoms with E-state index in [-0.39, 0.29) is 35.6 Å². The van der Waals surface area contributed by atoms with Gasteiger partial charge in [0.05, 0.1) is 5.75 Å². The highest BCUT2D eigenvalue weighted by molar-refractivity contribution is 7.89. The number of carbonyl (C=O) groups is 2. The molecule has 2 N–H and O–H groups in total. The summed E-state index contributed by atoms with van der Waals surface area (Å²) in [6, 6.07) is 8.94. The average molecular weight is 422 g/mol. The second-order valence-corrected chi connectivity index (χ2v) is 10.2. The number of nitrogens with one attached hydrogen (secondary N) is 2. The monoisotopic (exact) mass is 421 g/mol. The highest BCUT2D eigenvalue weighted by Crippen LogP contribution is 2.23. The first-order valence-electron chi connectivity index (χ1n) is 10.5. The molecule has 2 atom stereocenters. The Labute approximate surface area is 173 Å². The van der Waals surface area contributed by atoms with Crippen LogP contribution in [-0.4, -0.2) is 55.5 Å². The minimum Gasteiger partial charge on any atom is -0.351 e. The standard InChI is InChI=1S/C21H31N3O4S/c1-2-29(27,28)24-14-12-17(13-15-24)21(26)23-19-11-7-6-10-18(19)22-20(25)16-8-4-3-5-9-16/h3-5,8-9,17-19H,2,6-7,10-15H2,1H3,(H,22,25)(H,23,26)/t18-,19?/m1/s1. The molecule has 1 heterocycles. The van der Waals surface area contributed by atoms with E-state index in [4.69, 9.17) is 0 Å². The Morgan fingerprint density at radius 1 is 0.966 bits per heavy atom. The van der Waals surface area contributed by atoms with E-state index in [0.29, 0.717) is 31.5 Å². The number of sulfonamides is 1. The van der Waals surface area contributed by atoms with E-state index in [0.717, 1.165) is 25.7 Å². The van der Waals surface area contributed by atoms with Gasteiger partial charge in [-0.1, -0.05) is 31.0 Å². The van der Waals surface area contributed by atoms with Crippen molar-refractivity contribution < 1.29 is 18.0 Å². The summed E-state index contributed by atoms with van der Waals surface area (Å²) >= 11 is 0. The van der Waals surface area contributed by atoms with Gasteiger partial charge in [-0.25, -0.2) is 12.7 Å². The molecule has 7 nitrogen and oxygen atoms in total. The lowest BCUT2D eigenvalue weighted by molar-refractivity contribution is -0.127. The largest absolute Gasteiger partial charge is 0.351 e. The van der Waals surface area contributed by atoms with Crippen molar-refractivity contribution in [3.63, 3.8) is 0 Å². The lowest BCUT2D eigenvalue weighted by atomic mass is 9.88. The van der Waals surface area contributed by atoms with Crippen molar-refractivity contribution in [2.24, 2.45) is 5.92 Å². The van der Waals surface area contributed by atoms with E-state index >= 15 is 0 Å². The van der Waals surface area contributed by atoms with E-state index in [1.54, 1.807) is 19.1 Å². The highest BCUT2D eigenvalue weighted by atomic mass is 32.2. The quantitative estimate of drug-likeness (QED) is 0.733. The number of carbonyl (C=O) groups excluding carboxylic acids is 2. The molecule has 1 aromatic carbocycles. The lowest BCUT2D eigenvalue weighted by Gasteiger charge is -2.35. The molecule has 1 aliphatic carbocycles. The van der Waals surface area contributed by atoms with Crippen molar-refractivity contribution in [2.45, 2.75) is 57.5 Å². The third kappa shape index (κ3) is 5.57. The van der Waals surface area contributed by atoms with Gasteiger partial charge in [-0.15, -0.1) is 0 Å². The average Bonchev–Trinajstić information content (AvgIpc) is 2.75. The molecule has 1 aromatic rings. The predicted octanol–water partition coefficient (Wildman–Crippen LogP) is 1.91. The number of nitrogens with zero attached hydrogens (tertiary/aromatic N) is 1. The number of rotatable bonds is 6. The van der Waals surface area contributed by atoms with Gasteiger partial charge in [-0.3, -0.25) is 9.59 Å². The highest BCUT2D eigenvalue weighted by Gasteiger charge is 2.33. The number of benzene rings is 1. The first kappa shape index (κ1) is 21.8. The van der Waals surface area contributed by atoms with Gasteiger partial charge >= 0.3 is 0 Å². The van der Waals surface area contributed by atoms with E-state index in [1.807, 2.05) is 18.2 Å². The predicted molar refractivity (Wildman–Crippen MR) is 112 cm³/mol. The fraction of sp³-hybridized carbons (Fsp3) is 0.619. The molecule has 0 aromatic heterocycles. The normalized spacial score (nSPS) is 24.0. The van der Waals surface area contributed by atoms with Crippen molar-refractivity contribution in [3.05, 3.63) is 35.9 Å². The molecular weight excluding hydrogens is 390 g/mol. The second kappa shape index (κ2) is 9.71. The van der Waals surface area contributed by atoms with Crippen LogP contribution in [0.5, 0.6) is 0 Å². The molecule has 0 bridgehead atoms. The number of hydrogen-bond acceptors (Lipinski definition) is 4. The molecule has 8 heteroatoms. The van der Waals surface area contributed by atoms with Crippen LogP contribution in [-0.2, 0) is 14.8 Å². The van der Waals surface area contributed by atoms with Crippen LogP contribution in [0.25, 0.3) is 0 Å². The fourth-order valence-electron chi connectivity index (χ4n) is 4.20. The molecule has 1 saturated heterocycles. The molecule has 29 heavy (non-hydrogen) atoms. The Bertz CT molecular complexity index is 804. The SMILES string of the molecule is CCS(=O)(=O)N1CCC(C(=O)NC2CCCC[C@H]2NC(=O)c2ccccc2)CC1. The van der Waals surface area contributed by atoms with Gasteiger partial charge in [-0.2, -0.15) is 0 Å². The summed E-state index contributed by atoms with van der Waals surface area (Å²) in [5.41, 5.74) is 0.618. The van der Waals surface area contributed by atoms with Crippen LogP contribution in [0.1, 0.15) is 55.8 Å². The molecule has 160 valence electrons. The smallest absolute Gasteiger partial charge is 0.251 e. The summed E-state index contributed by atoms with van der Waals surface area (Å²) in [6.07, 6.45) is 4.82. The minimum atomic E-state index is -3.19. The number of hydrogen-bond donors (Lipinski definition) is 2. The Balaban J connectivity index is 1.55. The van der Waals surface area contributed by atoms with Crippen LogP contribution in [0.3, 0.4) is 0 Å². The summed E-state index contributed by atoms with van der Waals surface area (Å²) in [7, 11) is -3.19. The van der Waals surface area contributed by atoms with Crippen LogP contribution in [0.15, 0.2) is 30.3 Å². The molecule has 2 amide bonds. The van der Waals surface area contributed by atoms with Crippen LogP contribution in [0.4, 0.5) is 0 Å². The second-order valence-electron chi connectivity index (χ2n) is 7.92. The Morgan fingerprint density at radius 3 is 2.14 bits per heavy atom. The zero-order valence-electron chi connectivity index (χ0n) is 17.0. The first-order valence-corrected chi connectivity index (χ1v) is 12.2. The van der Waals surface area contributed by atoms with Crippen molar-refractivity contribution in [2.75, 3.05) is 18.8 Å². The summed E-state index contributed by atoms with van der Waals surface area (Å²) in [5.74, 6) is -0.223. The van der Waals surface area contributed by atoms with Crippen molar-refractivity contribution in [1.29, 1.82) is 0 Å². The van der Waals surface area contributed by atoms with Gasteiger partial charge in [-0.05, 0) is 44.7 Å². The zero-order valence-corrected chi connectivity index (χ0v) is 17.8. The molecule has 0 spiro atoms. The number of piperidine rings is 1. The van der Waals surface area contributed by atoms with Gasteiger partial charge in [0.2, 0.25) is 15.9 Å². The maximum absolute atomic E-state index is 12.8. The summed E-state index contributed by atoms with van der Waals surface area (Å²) < 4.78 is 25.5. The van der Waals surface area contributed by atoms with Gasteiger partial charge in [0, 0.05) is 36.7 Å². The van der Waals surface area contributed by atoms with Crippen LogP contribution >= 0.6 is 0 Å². The third-order valence-electron chi connectivity index (χ3n) is 6.03. The Kier molecular flexibility index (Phi) is 7.29. The molecule has 1 aliphatic heterocycles. The summed E-state index contributed by atoms with van der Waals surface area (Å²) in [6.45, 7) is 2.43. The van der Waals surface area contributed by atoms with Gasteiger partial charge in [0.25, 0.3) is 5.91 Å². The third-order valence-corrected chi connectivity index (χ3v) is 7.91. The molecule has 0 radical (unpaired) electrons. The van der Waals surface area contributed by atoms with Crippen LogP contribution in [0, 0.1) is 5.92 Å². The van der Waals surface area contributed by atoms with E-state index in [2.05, 4.69) is 10.6 Å². The molecule has 2 fully saturated rings. The molecule has 1 unspecified atom stereocenters. The van der Waals surface area contributed by atoms with Gasteiger partial charge < -0.3 is 10.6 Å². The van der Waals surface area contributed by atoms with Crippen molar-refractivity contribution in [3.8, 4) is 0 Å². The Morgan fingerprint density at radius 2 is 1.55 bits per heavy atom. The van der Waals surface area contributed by atoms with Crippen LogP contribution < -0.4 is 10.6 Å². The van der Waals surface area contributed by atoms with Crippen molar-refractivity contribution in [1.82, 2.24) is 14.9 Å².